The molecule has 0 unspecified atom stereocenters. The van der Waals surface area contributed by atoms with Crippen molar-refractivity contribution in [3.63, 3.8) is 0 Å². The summed E-state index contributed by atoms with van der Waals surface area (Å²) in [6, 6.07) is 5.84. The summed E-state index contributed by atoms with van der Waals surface area (Å²) >= 11 is 12.2. The van der Waals surface area contributed by atoms with E-state index in [-0.39, 0.29) is 11.3 Å². The number of halogens is 1. The fraction of sp³-hybridized carbons (Fsp3) is 0.680. The van der Waals surface area contributed by atoms with E-state index in [9.17, 15) is 4.79 Å². The summed E-state index contributed by atoms with van der Waals surface area (Å²) in [5, 5.41) is 7.33. The number of nitrogens with one attached hydrogen (secondary N) is 2. The molecule has 4 bridgehead atoms. The highest BCUT2D eigenvalue weighted by Gasteiger charge is 2.51. The van der Waals surface area contributed by atoms with Gasteiger partial charge in [0.15, 0.2) is 5.11 Å². The van der Waals surface area contributed by atoms with Crippen molar-refractivity contribution in [1.82, 2.24) is 10.2 Å². The van der Waals surface area contributed by atoms with E-state index in [1.54, 1.807) is 0 Å². The number of nitrogens with zero attached hydrogens (tertiary/aromatic N) is 2. The van der Waals surface area contributed by atoms with E-state index in [4.69, 9.17) is 23.8 Å². The summed E-state index contributed by atoms with van der Waals surface area (Å²) in [7, 11) is 0. The highest BCUT2D eigenvalue weighted by atomic mass is 35.5. The molecule has 4 saturated carbocycles. The lowest BCUT2D eigenvalue weighted by Gasteiger charge is -2.56. The lowest BCUT2D eigenvalue weighted by molar-refractivity contribution is -0.127. The van der Waals surface area contributed by atoms with Crippen LogP contribution in [0, 0.1) is 23.2 Å². The molecule has 1 heterocycles. The third-order valence-electron chi connectivity index (χ3n) is 8.32. The van der Waals surface area contributed by atoms with Crippen LogP contribution in [-0.4, -0.2) is 48.6 Å². The molecule has 4 aliphatic carbocycles. The smallest absolute Gasteiger partial charge is 0.226 e. The Bertz CT molecular complexity index is 847. The molecular formula is C25H35ClN4OS. The van der Waals surface area contributed by atoms with Crippen LogP contribution in [-0.2, 0) is 4.79 Å². The van der Waals surface area contributed by atoms with E-state index in [2.05, 4.69) is 27.4 Å². The van der Waals surface area contributed by atoms with E-state index >= 15 is 0 Å². The van der Waals surface area contributed by atoms with Crippen molar-refractivity contribution in [1.29, 1.82) is 0 Å². The normalized spacial score (nSPS) is 31.6. The molecule has 5 fully saturated rings. The molecule has 1 aromatic rings. The van der Waals surface area contributed by atoms with Crippen molar-refractivity contribution >= 4 is 46.2 Å². The number of piperazine rings is 1. The molecule has 5 aliphatic rings. The summed E-state index contributed by atoms with van der Waals surface area (Å²) in [6.07, 6.45) is 8.48. The van der Waals surface area contributed by atoms with Crippen LogP contribution >= 0.6 is 23.8 Å². The Balaban J connectivity index is 1.21. The van der Waals surface area contributed by atoms with Crippen molar-refractivity contribution in [3.05, 3.63) is 23.2 Å². The predicted molar refractivity (Wildman–Crippen MR) is 135 cm³/mol. The van der Waals surface area contributed by atoms with Crippen molar-refractivity contribution in [2.24, 2.45) is 23.2 Å². The number of carbonyl (C=O) groups excluding carboxylic acids is 1. The molecule has 7 heteroatoms. The SMILES string of the molecule is CCN1CCN(c2c(Cl)cccc2NC(=S)NC(=O)CC23CC4CC(CC(C4)C2)C3)CC1. The van der Waals surface area contributed by atoms with Crippen LogP contribution in [0.3, 0.4) is 0 Å². The number of hydrogen-bond donors (Lipinski definition) is 2. The number of hydrogen-bond acceptors (Lipinski definition) is 4. The Labute approximate surface area is 202 Å². The number of para-hydroxylation sites is 1. The predicted octanol–water partition coefficient (Wildman–Crippen LogP) is 4.90. The lowest BCUT2D eigenvalue weighted by Crippen LogP contribution is -2.48. The standard InChI is InChI=1S/C25H35ClN4OS/c1-2-29-6-8-30(9-7-29)23-20(26)4-3-5-21(23)27-24(32)28-22(31)16-25-13-17-10-18(14-25)12-19(11-17)15-25/h3-5,17-19H,2,6-16H2,1H3,(H2,27,28,31,32). The minimum Gasteiger partial charge on any atom is -0.366 e. The van der Waals surface area contributed by atoms with E-state index in [0.29, 0.717) is 16.6 Å². The van der Waals surface area contributed by atoms with Gasteiger partial charge >= 0.3 is 0 Å². The number of rotatable bonds is 5. The van der Waals surface area contributed by atoms with Gasteiger partial charge in [0.25, 0.3) is 0 Å². The molecule has 6 rings (SSSR count). The summed E-state index contributed by atoms with van der Waals surface area (Å²) in [5.74, 6) is 2.61. The molecule has 1 aliphatic heterocycles. The van der Waals surface area contributed by atoms with E-state index < -0.39 is 0 Å². The second-order valence-electron chi connectivity index (χ2n) is 10.7. The first-order valence-corrected chi connectivity index (χ1v) is 13.1. The van der Waals surface area contributed by atoms with Gasteiger partial charge in [-0.05, 0) is 92.6 Å². The van der Waals surface area contributed by atoms with Gasteiger partial charge in [-0.1, -0.05) is 24.6 Å². The van der Waals surface area contributed by atoms with Crippen LogP contribution in [0.25, 0.3) is 0 Å². The Morgan fingerprint density at radius 3 is 2.31 bits per heavy atom. The number of anilines is 2. The van der Waals surface area contributed by atoms with Crippen LogP contribution in [0.4, 0.5) is 11.4 Å². The molecule has 0 atom stereocenters. The monoisotopic (exact) mass is 474 g/mol. The fourth-order valence-electron chi connectivity index (χ4n) is 7.40. The molecule has 174 valence electrons. The van der Waals surface area contributed by atoms with Gasteiger partial charge in [0.2, 0.25) is 5.91 Å². The van der Waals surface area contributed by atoms with Crippen LogP contribution in [0.2, 0.25) is 5.02 Å². The van der Waals surface area contributed by atoms with Crippen molar-refractivity contribution in [2.45, 2.75) is 51.9 Å². The molecule has 2 N–H and O–H groups in total. The quantitative estimate of drug-likeness (QED) is 0.594. The maximum absolute atomic E-state index is 13.0. The molecule has 1 amide bonds. The van der Waals surface area contributed by atoms with Crippen LogP contribution in [0.1, 0.15) is 51.9 Å². The van der Waals surface area contributed by atoms with Crippen molar-refractivity contribution < 1.29 is 4.79 Å². The lowest BCUT2D eigenvalue weighted by atomic mass is 9.49. The highest BCUT2D eigenvalue weighted by Crippen LogP contribution is 2.61. The van der Waals surface area contributed by atoms with Crippen LogP contribution in [0.5, 0.6) is 0 Å². The maximum Gasteiger partial charge on any atom is 0.226 e. The van der Waals surface area contributed by atoms with Crippen molar-refractivity contribution in [3.8, 4) is 0 Å². The highest BCUT2D eigenvalue weighted by molar-refractivity contribution is 7.80. The molecule has 1 aromatic carbocycles. The average Bonchev–Trinajstić information content (AvgIpc) is 2.72. The molecule has 1 saturated heterocycles. The van der Waals surface area contributed by atoms with E-state index in [1.807, 2.05) is 18.2 Å². The van der Waals surface area contributed by atoms with Gasteiger partial charge in [-0.3, -0.25) is 4.79 Å². The topological polar surface area (TPSA) is 47.6 Å². The summed E-state index contributed by atoms with van der Waals surface area (Å²) in [5.41, 5.74) is 2.05. The van der Waals surface area contributed by atoms with Crippen LogP contribution < -0.4 is 15.5 Å². The first-order valence-electron chi connectivity index (χ1n) is 12.3. The van der Waals surface area contributed by atoms with Gasteiger partial charge in [-0.25, -0.2) is 0 Å². The zero-order chi connectivity index (χ0) is 22.3. The number of likely N-dealkylation sites (N-methyl/N-ethyl adjacent to an activating group) is 1. The Morgan fingerprint density at radius 1 is 1.09 bits per heavy atom. The molecule has 5 nitrogen and oxygen atoms in total. The molecule has 32 heavy (non-hydrogen) atoms. The fourth-order valence-corrected chi connectivity index (χ4v) is 7.91. The Morgan fingerprint density at radius 2 is 1.72 bits per heavy atom. The molecule has 0 aromatic heterocycles. The first kappa shape index (κ1) is 22.4. The third kappa shape index (κ3) is 4.64. The van der Waals surface area contributed by atoms with Gasteiger partial charge in [-0.15, -0.1) is 0 Å². The summed E-state index contributed by atoms with van der Waals surface area (Å²) < 4.78 is 0. The second-order valence-corrected chi connectivity index (χ2v) is 11.5. The summed E-state index contributed by atoms with van der Waals surface area (Å²) in [4.78, 5) is 17.7. The summed E-state index contributed by atoms with van der Waals surface area (Å²) in [6.45, 7) is 7.17. The Hall–Kier alpha value is -1.37. The number of benzene rings is 1. The van der Waals surface area contributed by atoms with Gasteiger partial charge in [-0.2, -0.15) is 0 Å². The van der Waals surface area contributed by atoms with Gasteiger partial charge < -0.3 is 20.4 Å². The van der Waals surface area contributed by atoms with Gasteiger partial charge in [0.1, 0.15) is 0 Å². The second kappa shape index (κ2) is 9.11. The maximum atomic E-state index is 13.0. The minimum absolute atomic E-state index is 0.0598. The van der Waals surface area contributed by atoms with Crippen LogP contribution in [0.15, 0.2) is 18.2 Å². The zero-order valence-electron chi connectivity index (χ0n) is 19.0. The first-order chi connectivity index (χ1) is 15.4. The zero-order valence-corrected chi connectivity index (χ0v) is 20.6. The van der Waals surface area contributed by atoms with E-state index in [0.717, 1.165) is 61.9 Å². The van der Waals surface area contributed by atoms with Gasteiger partial charge in [0.05, 0.1) is 16.4 Å². The van der Waals surface area contributed by atoms with Gasteiger partial charge in [0, 0.05) is 32.6 Å². The minimum atomic E-state index is 0.0598. The molecular weight excluding hydrogens is 440 g/mol. The van der Waals surface area contributed by atoms with Crippen molar-refractivity contribution in [2.75, 3.05) is 42.9 Å². The number of amides is 1. The largest absolute Gasteiger partial charge is 0.366 e. The number of carbonyl (C=O) groups is 1. The average molecular weight is 475 g/mol. The van der Waals surface area contributed by atoms with E-state index in [1.165, 1.54) is 38.5 Å². The number of thiocarbonyl (C=S) groups is 1. The molecule has 0 spiro atoms. The third-order valence-corrected chi connectivity index (χ3v) is 8.83. The Kier molecular flexibility index (Phi) is 6.38. The molecule has 0 radical (unpaired) electrons.